The second-order valence-corrected chi connectivity index (χ2v) is 5.05. The average molecular weight is 353 g/mol. The van der Waals surface area contributed by atoms with Crippen LogP contribution in [-0.2, 0) is 0 Å². The fraction of sp³-hybridized carbons (Fsp3) is 0.364. The summed E-state index contributed by atoms with van der Waals surface area (Å²) in [6.07, 6.45) is 0. The fourth-order valence-electron chi connectivity index (χ4n) is 1.16. The number of halogens is 3. The van der Waals surface area contributed by atoms with E-state index in [4.69, 9.17) is 0 Å². The number of nitrogens with zero attached hydrogens (tertiary/aromatic N) is 1. The van der Waals surface area contributed by atoms with Crippen LogP contribution >= 0.6 is 31.9 Å². The summed E-state index contributed by atoms with van der Waals surface area (Å²) in [7, 11) is 1.73. The number of carbonyl (C=O) groups excluding carboxylic acids is 1. The minimum atomic E-state index is -0.361. The Labute approximate surface area is 111 Å². The first kappa shape index (κ1) is 13.6. The van der Waals surface area contributed by atoms with Crippen molar-refractivity contribution in [1.29, 1.82) is 0 Å². The van der Waals surface area contributed by atoms with E-state index in [1.165, 1.54) is 18.2 Å². The Kier molecular flexibility index (Phi) is 4.92. The molecule has 5 heteroatoms. The fourth-order valence-corrected chi connectivity index (χ4v) is 2.11. The summed E-state index contributed by atoms with van der Waals surface area (Å²) in [5.74, 6) is -0.488. The van der Waals surface area contributed by atoms with Gasteiger partial charge in [-0.2, -0.15) is 0 Å². The Hall–Kier alpha value is -0.420. The summed E-state index contributed by atoms with van der Waals surface area (Å²) in [5, 5.41) is 0.702. The molecule has 0 aromatic heterocycles. The van der Waals surface area contributed by atoms with E-state index in [2.05, 4.69) is 31.9 Å². The topological polar surface area (TPSA) is 20.3 Å². The van der Waals surface area contributed by atoms with Crippen molar-refractivity contribution in [3.8, 4) is 0 Å². The van der Waals surface area contributed by atoms with Gasteiger partial charge in [-0.25, -0.2) is 4.39 Å². The SMILES string of the molecule is CC(CBr)N(C)C(=O)c1ccc(F)cc1Br. The molecule has 0 radical (unpaired) electrons. The Morgan fingerprint density at radius 2 is 2.19 bits per heavy atom. The molecule has 2 nitrogen and oxygen atoms in total. The third-order valence-electron chi connectivity index (χ3n) is 2.37. The van der Waals surface area contributed by atoms with Crippen LogP contribution in [0.4, 0.5) is 4.39 Å². The first-order chi connectivity index (χ1) is 7.47. The van der Waals surface area contributed by atoms with E-state index in [9.17, 15) is 9.18 Å². The molecule has 0 heterocycles. The maximum Gasteiger partial charge on any atom is 0.255 e. The van der Waals surface area contributed by atoms with Gasteiger partial charge in [0.1, 0.15) is 5.82 Å². The molecule has 1 aromatic rings. The van der Waals surface area contributed by atoms with Crippen molar-refractivity contribution in [3.05, 3.63) is 34.1 Å². The van der Waals surface area contributed by atoms with Crippen molar-refractivity contribution in [2.24, 2.45) is 0 Å². The third-order valence-corrected chi connectivity index (χ3v) is 3.96. The first-order valence-corrected chi connectivity index (χ1v) is 6.67. The molecule has 0 aliphatic carbocycles. The maximum absolute atomic E-state index is 12.9. The van der Waals surface area contributed by atoms with Crippen molar-refractivity contribution < 1.29 is 9.18 Å². The Bertz CT molecular complexity index is 398. The number of carbonyl (C=O) groups is 1. The summed E-state index contributed by atoms with van der Waals surface area (Å²) >= 11 is 6.51. The zero-order chi connectivity index (χ0) is 12.3. The van der Waals surface area contributed by atoms with Gasteiger partial charge in [0.05, 0.1) is 5.56 Å². The molecule has 0 spiro atoms. The van der Waals surface area contributed by atoms with Gasteiger partial charge in [-0.05, 0) is 41.1 Å². The van der Waals surface area contributed by atoms with E-state index in [0.29, 0.717) is 15.4 Å². The van der Waals surface area contributed by atoms with Crippen LogP contribution in [0.3, 0.4) is 0 Å². The van der Waals surface area contributed by atoms with Gasteiger partial charge < -0.3 is 4.90 Å². The van der Waals surface area contributed by atoms with Crippen LogP contribution in [0.1, 0.15) is 17.3 Å². The number of benzene rings is 1. The second-order valence-electron chi connectivity index (χ2n) is 3.54. The Morgan fingerprint density at radius 3 is 2.69 bits per heavy atom. The van der Waals surface area contributed by atoms with Gasteiger partial charge in [-0.1, -0.05) is 15.9 Å². The Morgan fingerprint density at radius 1 is 1.56 bits per heavy atom. The van der Waals surface area contributed by atoms with Crippen LogP contribution in [0.2, 0.25) is 0 Å². The minimum Gasteiger partial charge on any atom is -0.338 e. The molecule has 1 aromatic carbocycles. The van der Waals surface area contributed by atoms with E-state index >= 15 is 0 Å². The highest BCUT2D eigenvalue weighted by atomic mass is 79.9. The largest absolute Gasteiger partial charge is 0.338 e. The molecule has 0 N–H and O–H groups in total. The van der Waals surface area contributed by atoms with Crippen LogP contribution < -0.4 is 0 Å². The summed E-state index contributed by atoms with van der Waals surface area (Å²) < 4.78 is 13.4. The number of rotatable bonds is 3. The summed E-state index contributed by atoms with van der Waals surface area (Å²) in [4.78, 5) is 13.6. The molecule has 1 unspecified atom stereocenters. The molecule has 0 saturated carbocycles. The molecule has 1 amide bonds. The number of alkyl halides is 1. The highest BCUT2D eigenvalue weighted by Crippen LogP contribution is 2.20. The van der Waals surface area contributed by atoms with E-state index in [1.54, 1.807) is 11.9 Å². The molecule has 1 atom stereocenters. The molecular weight excluding hydrogens is 341 g/mol. The smallest absolute Gasteiger partial charge is 0.255 e. The molecule has 0 fully saturated rings. The molecule has 0 bridgehead atoms. The zero-order valence-corrected chi connectivity index (χ0v) is 12.2. The lowest BCUT2D eigenvalue weighted by atomic mass is 10.2. The van der Waals surface area contributed by atoms with Crippen molar-refractivity contribution in [1.82, 2.24) is 4.90 Å². The van der Waals surface area contributed by atoms with Gasteiger partial charge in [-0.3, -0.25) is 4.79 Å². The van der Waals surface area contributed by atoms with Crippen LogP contribution in [0.15, 0.2) is 22.7 Å². The lowest BCUT2D eigenvalue weighted by Crippen LogP contribution is -2.36. The molecule has 0 aliphatic rings. The van der Waals surface area contributed by atoms with E-state index in [-0.39, 0.29) is 17.8 Å². The number of hydrogen-bond acceptors (Lipinski definition) is 1. The summed E-state index contributed by atoms with van der Waals surface area (Å²) in [6, 6.07) is 4.15. The lowest BCUT2D eigenvalue weighted by Gasteiger charge is -2.23. The van der Waals surface area contributed by atoms with Crippen LogP contribution in [0.5, 0.6) is 0 Å². The highest BCUT2D eigenvalue weighted by molar-refractivity contribution is 9.10. The zero-order valence-electron chi connectivity index (χ0n) is 9.01. The van der Waals surface area contributed by atoms with Crippen molar-refractivity contribution >= 4 is 37.8 Å². The normalized spacial score (nSPS) is 12.3. The predicted molar refractivity (Wildman–Crippen MR) is 69.4 cm³/mol. The van der Waals surface area contributed by atoms with Gasteiger partial charge in [0, 0.05) is 22.9 Å². The summed E-state index contributed by atoms with van der Waals surface area (Å²) in [6.45, 7) is 1.93. The molecule has 16 heavy (non-hydrogen) atoms. The van der Waals surface area contributed by atoms with Gasteiger partial charge in [0.2, 0.25) is 0 Å². The highest BCUT2D eigenvalue weighted by Gasteiger charge is 2.18. The van der Waals surface area contributed by atoms with Crippen LogP contribution in [-0.4, -0.2) is 29.2 Å². The van der Waals surface area contributed by atoms with E-state index < -0.39 is 0 Å². The van der Waals surface area contributed by atoms with E-state index in [1.807, 2.05) is 6.92 Å². The lowest BCUT2D eigenvalue weighted by molar-refractivity contribution is 0.0757. The number of hydrogen-bond donors (Lipinski definition) is 0. The standard InChI is InChI=1S/C11H12Br2FNO/c1-7(6-12)15(2)11(16)9-4-3-8(14)5-10(9)13/h3-5,7H,6H2,1-2H3. The Balaban J connectivity index is 2.96. The first-order valence-electron chi connectivity index (χ1n) is 4.75. The maximum atomic E-state index is 12.9. The van der Waals surface area contributed by atoms with Gasteiger partial charge >= 0.3 is 0 Å². The number of amides is 1. The minimum absolute atomic E-state index is 0.0875. The molecule has 88 valence electrons. The molecule has 0 aliphatic heterocycles. The summed E-state index contributed by atoms with van der Waals surface area (Å²) in [5.41, 5.74) is 0.469. The van der Waals surface area contributed by atoms with Gasteiger partial charge in [0.25, 0.3) is 5.91 Å². The van der Waals surface area contributed by atoms with Gasteiger partial charge in [0.15, 0.2) is 0 Å². The van der Waals surface area contributed by atoms with Crippen molar-refractivity contribution in [2.45, 2.75) is 13.0 Å². The van der Waals surface area contributed by atoms with Crippen LogP contribution in [0.25, 0.3) is 0 Å². The molecule has 1 rings (SSSR count). The van der Waals surface area contributed by atoms with Crippen molar-refractivity contribution in [3.63, 3.8) is 0 Å². The second kappa shape index (κ2) is 5.77. The van der Waals surface area contributed by atoms with E-state index in [0.717, 1.165) is 0 Å². The molecule has 0 saturated heterocycles. The van der Waals surface area contributed by atoms with Crippen molar-refractivity contribution in [2.75, 3.05) is 12.4 Å². The van der Waals surface area contributed by atoms with Crippen LogP contribution in [0, 0.1) is 5.82 Å². The molecular formula is C11H12Br2FNO. The predicted octanol–water partition coefficient (Wildman–Crippen LogP) is 3.44. The van der Waals surface area contributed by atoms with Gasteiger partial charge in [-0.15, -0.1) is 0 Å². The average Bonchev–Trinajstić information content (AvgIpc) is 2.26. The quantitative estimate of drug-likeness (QED) is 0.763. The monoisotopic (exact) mass is 351 g/mol. The third kappa shape index (κ3) is 3.04.